The van der Waals surface area contributed by atoms with Crippen LogP contribution in [0.5, 0.6) is 0 Å². The predicted molar refractivity (Wildman–Crippen MR) is 61.8 cm³/mol. The van der Waals surface area contributed by atoms with Crippen LogP contribution < -0.4 is 4.90 Å². The molecule has 5 nitrogen and oxygen atoms in total. The third-order valence-electron chi connectivity index (χ3n) is 3.45. The molecule has 0 aromatic carbocycles. The molecule has 1 aromatic rings. The van der Waals surface area contributed by atoms with Gasteiger partial charge >= 0.3 is 0 Å². The van der Waals surface area contributed by atoms with Gasteiger partial charge in [0.2, 0.25) is 5.89 Å². The van der Waals surface area contributed by atoms with E-state index in [0.717, 1.165) is 25.9 Å². The zero-order chi connectivity index (χ0) is 11.7. The summed E-state index contributed by atoms with van der Waals surface area (Å²) < 4.78 is 5.14. The fraction of sp³-hybridized carbons (Fsp3) is 0.750. The Bertz CT molecular complexity index is 406. The zero-order valence-electron chi connectivity index (χ0n) is 9.89. The Morgan fingerprint density at radius 3 is 2.76 bits per heavy atom. The molecule has 92 valence electrons. The van der Waals surface area contributed by atoms with E-state index in [1.54, 1.807) is 0 Å². The highest BCUT2D eigenvalue weighted by Crippen LogP contribution is 2.30. The summed E-state index contributed by atoms with van der Waals surface area (Å²) in [4.78, 5) is 18.1. The number of aromatic nitrogens is 2. The summed E-state index contributed by atoms with van der Waals surface area (Å²) in [6, 6.07) is 0. The fourth-order valence-electron chi connectivity index (χ4n) is 2.24. The molecule has 3 rings (SSSR count). The molecule has 1 aromatic heterocycles. The maximum atomic E-state index is 11.6. The van der Waals surface area contributed by atoms with Crippen LogP contribution in [0.15, 0.2) is 4.52 Å². The molecule has 0 amide bonds. The van der Waals surface area contributed by atoms with E-state index in [4.69, 9.17) is 4.52 Å². The number of nitrogens with zero attached hydrogens (tertiary/aromatic N) is 3. The largest absolute Gasteiger partial charge is 0.338 e. The van der Waals surface area contributed by atoms with Crippen LogP contribution in [0.25, 0.3) is 0 Å². The summed E-state index contributed by atoms with van der Waals surface area (Å²) in [5, 5.41) is 3.96. The number of anilines is 1. The van der Waals surface area contributed by atoms with Crippen LogP contribution in [-0.4, -0.2) is 29.0 Å². The van der Waals surface area contributed by atoms with E-state index in [0.29, 0.717) is 18.3 Å². The lowest BCUT2D eigenvalue weighted by atomic mass is 10.1. The average molecular weight is 235 g/mol. The van der Waals surface area contributed by atoms with Crippen molar-refractivity contribution in [3.05, 3.63) is 5.89 Å². The standard InChI is InChI=1S/C12H17N3O2/c16-10(9-4-5-9)8-11-13-12(14-17-11)15-6-2-1-3-7-15/h9H,1-8H2. The highest BCUT2D eigenvalue weighted by molar-refractivity contribution is 5.84. The van der Waals surface area contributed by atoms with Gasteiger partial charge in [0.1, 0.15) is 5.78 Å². The molecule has 1 aliphatic heterocycles. The van der Waals surface area contributed by atoms with Gasteiger partial charge in [0, 0.05) is 19.0 Å². The summed E-state index contributed by atoms with van der Waals surface area (Å²) in [6.07, 6.45) is 6.03. The molecule has 2 fully saturated rings. The number of Topliss-reactive ketones (excluding diaryl/α,β-unsaturated/α-hetero) is 1. The van der Waals surface area contributed by atoms with Crippen molar-refractivity contribution in [1.82, 2.24) is 10.1 Å². The van der Waals surface area contributed by atoms with E-state index in [9.17, 15) is 4.79 Å². The molecule has 5 heteroatoms. The zero-order valence-corrected chi connectivity index (χ0v) is 9.89. The van der Waals surface area contributed by atoms with Gasteiger partial charge in [0.05, 0.1) is 6.42 Å². The first-order valence-corrected chi connectivity index (χ1v) is 6.43. The number of rotatable bonds is 4. The molecule has 0 bridgehead atoms. The van der Waals surface area contributed by atoms with Crippen LogP contribution in [-0.2, 0) is 11.2 Å². The molecule has 0 radical (unpaired) electrons. The molecule has 0 spiro atoms. The Balaban J connectivity index is 1.62. The van der Waals surface area contributed by atoms with E-state index in [-0.39, 0.29) is 11.7 Å². The Labute approximate surface area is 100 Å². The van der Waals surface area contributed by atoms with E-state index in [1.807, 2.05) is 0 Å². The van der Waals surface area contributed by atoms with Crippen LogP contribution in [0.3, 0.4) is 0 Å². The Morgan fingerprint density at radius 2 is 2.06 bits per heavy atom. The van der Waals surface area contributed by atoms with Crippen molar-refractivity contribution in [3.8, 4) is 0 Å². The van der Waals surface area contributed by atoms with Crippen LogP contribution in [0.2, 0.25) is 0 Å². The summed E-state index contributed by atoms with van der Waals surface area (Å²) in [7, 11) is 0. The average Bonchev–Trinajstić information content (AvgIpc) is 3.12. The van der Waals surface area contributed by atoms with Crippen molar-refractivity contribution in [2.24, 2.45) is 5.92 Å². The number of hydrogen-bond donors (Lipinski definition) is 0. The normalized spacial score (nSPS) is 20.6. The number of carbonyl (C=O) groups excluding carboxylic acids is 1. The molecule has 17 heavy (non-hydrogen) atoms. The van der Waals surface area contributed by atoms with E-state index >= 15 is 0 Å². The van der Waals surface area contributed by atoms with Crippen molar-refractivity contribution >= 4 is 11.7 Å². The monoisotopic (exact) mass is 235 g/mol. The Morgan fingerprint density at radius 1 is 1.29 bits per heavy atom. The highest BCUT2D eigenvalue weighted by Gasteiger charge is 2.30. The van der Waals surface area contributed by atoms with Crippen molar-refractivity contribution < 1.29 is 9.32 Å². The molecular weight excluding hydrogens is 218 g/mol. The van der Waals surface area contributed by atoms with Gasteiger partial charge in [0.25, 0.3) is 5.95 Å². The molecule has 1 saturated heterocycles. The minimum absolute atomic E-state index is 0.249. The van der Waals surface area contributed by atoms with Crippen molar-refractivity contribution in [1.29, 1.82) is 0 Å². The molecule has 2 heterocycles. The first-order valence-electron chi connectivity index (χ1n) is 6.43. The van der Waals surface area contributed by atoms with Crippen LogP contribution in [0.1, 0.15) is 38.0 Å². The number of hydrogen-bond acceptors (Lipinski definition) is 5. The smallest absolute Gasteiger partial charge is 0.266 e. The van der Waals surface area contributed by atoms with Crippen LogP contribution >= 0.6 is 0 Å². The summed E-state index contributed by atoms with van der Waals surface area (Å²) in [5.74, 6) is 1.64. The van der Waals surface area contributed by atoms with Gasteiger partial charge in [-0.2, -0.15) is 4.98 Å². The molecule has 1 aliphatic carbocycles. The molecule has 0 atom stereocenters. The second-order valence-corrected chi connectivity index (χ2v) is 4.95. The van der Waals surface area contributed by atoms with E-state index in [2.05, 4.69) is 15.0 Å². The second kappa shape index (κ2) is 4.47. The van der Waals surface area contributed by atoms with Crippen molar-refractivity contribution in [2.75, 3.05) is 18.0 Å². The summed E-state index contributed by atoms with van der Waals surface area (Å²) in [5.41, 5.74) is 0. The van der Waals surface area contributed by atoms with Gasteiger partial charge in [-0.1, -0.05) is 0 Å². The molecule has 0 N–H and O–H groups in total. The van der Waals surface area contributed by atoms with Gasteiger partial charge in [-0.15, -0.1) is 0 Å². The van der Waals surface area contributed by atoms with Gasteiger partial charge in [0.15, 0.2) is 0 Å². The van der Waals surface area contributed by atoms with E-state index in [1.165, 1.54) is 19.3 Å². The van der Waals surface area contributed by atoms with Gasteiger partial charge < -0.3 is 9.42 Å². The first kappa shape index (κ1) is 10.7. The maximum absolute atomic E-state index is 11.6. The number of piperidine rings is 1. The maximum Gasteiger partial charge on any atom is 0.266 e. The first-order chi connectivity index (χ1) is 8.33. The fourth-order valence-corrected chi connectivity index (χ4v) is 2.24. The van der Waals surface area contributed by atoms with Crippen molar-refractivity contribution in [2.45, 2.75) is 38.5 Å². The SMILES string of the molecule is O=C(Cc1nc(N2CCCCC2)no1)C1CC1. The lowest BCUT2D eigenvalue weighted by molar-refractivity contribution is -0.119. The van der Waals surface area contributed by atoms with E-state index < -0.39 is 0 Å². The number of carbonyl (C=O) groups is 1. The minimum atomic E-state index is 0.249. The summed E-state index contributed by atoms with van der Waals surface area (Å²) >= 11 is 0. The second-order valence-electron chi connectivity index (χ2n) is 4.95. The van der Waals surface area contributed by atoms with Crippen molar-refractivity contribution in [3.63, 3.8) is 0 Å². The quantitative estimate of drug-likeness (QED) is 0.793. The molecule has 2 aliphatic rings. The topological polar surface area (TPSA) is 59.2 Å². The minimum Gasteiger partial charge on any atom is -0.338 e. The number of ketones is 1. The third-order valence-corrected chi connectivity index (χ3v) is 3.45. The highest BCUT2D eigenvalue weighted by atomic mass is 16.5. The predicted octanol–water partition coefficient (Wildman–Crippen LogP) is 1.58. The molecule has 0 unspecified atom stereocenters. The third kappa shape index (κ3) is 2.48. The van der Waals surface area contributed by atoms with Gasteiger partial charge in [-0.05, 0) is 37.3 Å². The summed E-state index contributed by atoms with van der Waals surface area (Å²) in [6.45, 7) is 1.99. The van der Waals surface area contributed by atoms with Gasteiger partial charge in [-0.3, -0.25) is 4.79 Å². The molecule has 1 saturated carbocycles. The lowest BCUT2D eigenvalue weighted by Gasteiger charge is -2.24. The lowest BCUT2D eigenvalue weighted by Crippen LogP contribution is -2.30. The molecular formula is C12H17N3O2. The Kier molecular flexibility index (Phi) is 2.82. The van der Waals surface area contributed by atoms with Crippen LogP contribution in [0.4, 0.5) is 5.95 Å². The Hall–Kier alpha value is -1.39. The van der Waals surface area contributed by atoms with Gasteiger partial charge in [-0.25, -0.2) is 0 Å². The van der Waals surface area contributed by atoms with Crippen LogP contribution in [0, 0.1) is 5.92 Å².